The van der Waals surface area contributed by atoms with E-state index in [0.717, 1.165) is 5.01 Å². The lowest BCUT2D eigenvalue weighted by Crippen LogP contribution is -2.31. The molecule has 8 heteroatoms. The first-order valence-corrected chi connectivity index (χ1v) is 8.87. The third-order valence-corrected chi connectivity index (χ3v) is 4.80. The minimum absolute atomic E-state index is 0.239. The number of hydrogen-bond acceptors (Lipinski definition) is 6. The van der Waals surface area contributed by atoms with Crippen molar-refractivity contribution in [3.05, 3.63) is 51.5 Å². The molecule has 3 amide bonds. The van der Waals surface area contributed by atoms with Crippen molar-refractivity contribution in [3.8, 4) is 0 Å². The summed E-state index contributed by atoms with van der Waals surface area (Å²) in [5.41, 5.74) is 6.76. The van der Waals surface area contributed by atoms with Crippen LogP contribution in [0.1, 0.15) is 49.1 Å². The van der Waals surface area contributed by atoms with Crippen LogP contribution in [0.3, 0.4) is 0 Å². The Morgan fingerprint density at radius 3 is 2.44 bits per heavy atom. The quantitative estimate of drug-likeness (QED) is 0.575. The molecule has 0 unspecified atom stereocenters. The van der Waals surface area contributed by atoms with Crippen LogP contribution in [0.5, 0.6) is 0 Å². The van der Waals surface area contributed by atoms with Gasteiger partial charge in [0.2, 0.25) is 0 Å². The number of carbonyl (C=O) groups excluding carboxylic acids is 3. The molecule has 0 aliphatic carbocycles. The molecule has 7 nitrogen and oxygen atoms in total. The maximum absolute atomic E-state index is 12.2. The average Bonchev–Trinajstić information content (AvgIpc) is 3.20. The molecule has 0 spiro atoms. The Hall–Kier alpha value is -2.58. The van der Waals surface area contributed by atoms with Crippen molar-refractivity contribution in [1.82, 2.24) is 15.2 Å². The number of fused-ring (bicyclic) bond motifs is 1. The highest BCUT2D eigenvalue weighted by molar-refractivity contribution is 7.09. The number of imide groups is 1. The van der Waals surface area contributed by atoms with E-state index in [1.54, 1.807) is 29.6 Å². The summed E-state index contributed by atoms with van der Waals surface area (Å²) in [6, 6.07) is 6.83. The van der Waals surface area contributed by atoms with Gasteiger partial charge in [-0.15, -0.1) is 11.3 Å². The molecule has 0 saturated heterocycles. The summed E-state index contributed by atoms with van der Waals surface area (Å²) < 4.78 is 0. The van der Waals surface area contributed by atoms with Crippen LogP contribution in [-0.2, 0) is 6.54 Å². The highest BCUT2D eigenvalue weighted by Gasteiger charge is 2.34. The fourth-order valence-electron chi connectivity index (χ4n) is 2.64. The summed E-state index contributed by atoms with van der Waals surface area (Å²) in [5.74, 6) is -0.737. The Morgan fingerprint density at radius 2 is 1.84 bits per heavy atom. The predicted molar refractivity (Wildman–Crippen MR) is 93.4 cm³/mol. The largest absolute Gasteiger partial charge is 0.351 e. The average molecular weight is 358 g/mol. The second-order valence-corrected chi connectivity index (χ2v) is 6.54. The number of thiazole rings is 1. The van der Waals surface area contributed by atoms with E-state index in [2.05, 4.69) is 10.3 Å². The van der Waals surface area contributed by atoms with Crippen molar-refractivity contribution in [3.63, 3.8) is 0 Å². The minimum Gasteiger partial charge on any atom is -0.351 e. The summed E-state index contributed by atoms with van der Waals surface area (Å²) in [4.78, 5) is 41.7. The van der Waals surface area contributed by atoms with Crippen LogP contribution in [0.25, 0.3) is 0 Å². The number of carbonyl (C=O) groups is 3. The molecular weight excluding hydrogens is 340 g/mol. The molecule has 1 aromatic heterocycles. The Labute approximate surface area is 148 Å². The summed E-state index contributed by atoms with van der Waals surface area (Å²) >= 11 is 1.35. The Kier molecular flexibility index (Phi) is 5.20. The van der Waals surface area contributed by atoms with Crippen LogP contribution in [0.2, 0.25) is 0 Å². The molecule has 1 aliphatic rings. The third kappa shape index (κ3) is 3.59. The van der Waals surface area contributed by atoms with Crippen molar-refractivity contribution in [2.75, 3.05) is 13.1 Å². The van der Waals surface area contributed by atoms with Crippen LogP contribution in [0, 0.1) is 0 Å². The van der Waals surface area contributed by atoms with Crippen molar-refractivity contribution in [2.45, 2.75) is 19.4 Å². The van der Waals surface area contributed by atoms with Gasteiger partial charge in [-0.05, 0) is 25.0 Å². The van der Waals surface area contributed by atoms with Gasteiger partial charge in [-0.2, -0.15) is 0 Å². The number of nitrogens with two attached hydrogens (primary N) is 1. The molecule has 0 saturated carbocycles. The van der Waals surface area contributed by atoms with Gasteiger partial charge in [0, 0.05) is 25.0 Å². The van der Waals surface area contributed by atoms with Crippen LogP contribution in [0.15, 0.2) is 29.6 Å². The molecule has 2 aromatic rings. The minimum atomic E-state index is -0.249. The second-order valence-electron chi connectivity index (χ2n) is 5.60. The van der Waals surface area contributed by atoms with Crippen LogP contribution in [-0.4, -0.2) is 40.7 Å². The first-order chi connectivity index (χ1) is 12.1. The number of unbranched alkanes of at least 4 members (excludes halogenated alkanes) is 1. The van der Waals surface area contributed by atoms with Gasteiger partial charge in [0.05, 0.1) is 11.1 Å². The van der Waals surface area contributed by atoms with E-state index in [9.17, 15) is 14.4 Å². The monoisotopic (exact) mass is 358 g/mol. The highest BCUT2D eigenvalue weighted by atomic mass is 32.1. The van der Waals surface area contributed by atoms with Crippen molar-refractivity contribution < 1.29 is 14.4 Å². The van der Waals surface area contributed by atoms with Gasteiger partial charge in [0.15, 0.2) is 0 Å². The van der Waals surface area contributed by atoms with Gasteiger partial charge < -0.3 is 11.1 Å². The molecule has 0 fully saturated rings. The Balaban J connectivity index is 1.43. The molecule has 25 heavy (non-hydrogen) atoms. The first-order valence-electron chi connectivity index (χ1n) is 7.99. The molecule has 3 rings (SSSR count). The maximum atomic E-state index is 12.2. The summed E-state index contributed by atoms with van der Waals surface area (Å²) in [6.07, 6.45) is 1.28. The zero-order valence-corrected chi connectivity index (χ0v) is 14.3. The standard InChI is InChI=1S/C17H18N4O3S/c18-9-14-20-13(10-25-14)15(22)19-7-3-4-8-21-16(23)11-5-1-2-6-12(11)17(21)24/h1-2,5-6,10H,3-4,7-9,18H2,(H,19,22). The van der Waals surface area contributed by atoms with Crippen LogP contribution < -0.4 is 11.1 Å². The van der Waals surface area contributed by atoms with Crippen LogP contribution in [0.4, 0.5) is 0 Å². The number of nitrogens with one attached hydrogen (secondary N) is 1. The molecule has 3 N–H and O–H groups in total. The lowest BCUT2D eigenvalue weighted by Gasteiger charge is -2.13. The molecule has 0 bridgehead atoms. The van der Waals surface area contributed by atoms with Crippen molar-refractivity contribution in [1.29, 1.82) is 0 Å². The lowest BCUT2D eigenvalue weighted by molar-refractivity contribution is 0.0650. The number of rotatable bonds is 7. The van der Waals surface area contributed by atoms with Gasteiger partial charge in [-0.3, -0.25) is 19.3 Å². The van der Waals surface area contributed by atoms with Crippen molar-refractivity contribution in [2.24, 2.45) is 5.73 Å². The van der Waals surface area contributed by atoms with Gasteiger partial charge in [-0.1, -0.05) is 12.1 Å². The fourth-order valence-corrected chi connectivity index (χ4v) is 3.29. The third-order valence-electron chi connectivity index (χ3n) is 3.93. The van der Waals surface area contributed by atoms with Gasteiger partial charge in [0.25, 0.3) is 17.7 Å². The number of amides is 3. The normalized spacial score (nSPS) is 13.2. The SMILES string of the molecule is NCc1nc(C(=O)NCCCCN2C(=O)c3ccccc3C2=O)cs1. The topological polar surface area (TPSA) is 105 Å². The van der Waals surface area contributed by atoms with E-state index < -0.39 is 0 Å². The Bertz CT molecular complexity index is 783. The number of benzene rings is 1. The van der Waals surface area contributed by atoms with E-state index in [-0.39, 0.29) is 17.7 Å². The van der Waals surface area contributed by atoms with Gasteiger partial charge in [0.1, 0.15) is 10.7 Å². The number of nitrogens with zero attached hydrogens (tertiary/aromatic N) is 2. The lowest BCUT2D eigenvalue weighted by atomic mass is 10.1. The molecule has 1 aliphatic heterocycles. The zero-order valence-electron chi connectivity index (χ0n) is 13.5. The second kappa shape index (κ2) is 7.54. The Morgan fingerprint density at radius 1 is 1.16 bits per heavy atom. The van der Waals surface area contributed by atoms with Gasteiger partial charge >= 0.3 is 0 Å². The van der Waals surface area contributed by atoms with Gasteiger partial charge in [-0.25, -0.2) is 4.98 Å². The number of hydrogen-bond donors (Lipinski definition) is 2. The molecule has 1 aromatic carbocycles. The number of aromatic nitrogens is 1. The summed E-state index contributed by atoms with van der Waals surface area (Å²) in [7, 11) is 0. The predicted octanol–water partition coefficient (Wildman–Crippen LogP) is 1.41. The molecule has 130 valence electrons. The van der Waals surface area contributed by atoms with Crippen LogP contribution >= 0.6 is 11.3 Å². The zero-order chi connectivity index (χ0) is 17.8. The van der Waals surface area contributed by atoms with E-state index in [0.29, 0.717) is 49.3 Å². The van der Waals surface area contributed by atoms with Crippen molar-refractivity contribution >= 4 is 29.1 Å². The molecule has 2 heterocycles. The summed E-state index contributed by atoms with van der Waals surface area (Å²) in [5, 5.41) is 5.17. The molecule has 0 radical (unpaired) electrons. The first kappa shape index (κ1) is 17.2. The highest BCUT2D eigenvalue weighted by Crippen LogP contribution is 2.22. The fraction of sp³-hybridized carbons (Fsp3) is 0.294. The molecular formula is C17H18N4O3S. The van der Waals surface area contributed by atoms with E-state index in [1.807, 2.05) is 0 Å². The summed E-state index contributed by atoms with van der Waals surface area (Å²) in [6.45, 7) is 1.12. The van der Waals surface area contributed by atoms with E-state index >= 15 is 0 Å². The van der Waals surface area contributed by atoms with E-state index in [4.69, 9.17) is 5.73 Å². The molecule has 0 atom stereocenters. The van der Waals surface area contributed by atoms with E-state index in [1.165, 1.54) is 16.2 Å². The smallest absolute Gasteiger partial charge is 0.270 e. The maximum Gasteiger partial charge on any atom is 0.270 e.